The van der Waals surface area contributed by atoms with Crippen LogP contribution in [0.1, 0.15) is 6.92 Å². The van der Waals surface area contributed by atoms with Crippen molar-refractivity contribution in [2.24, 2.45) is 0 Å². The van der Waals surface area contributed by atoms with Gasteiger partial charge in [-0.05, 0) is 12.1 Å². The Kier molecular flexibility index (Phi) is 2.55. The molecule has 64 valence electrons. The SMILES string of the molecule is CC(=O)N(Cl)c1cccc(O)c1. The molecule has 1 rings (SSSR count). The molecule has 1 aromatic carbocycles. The molecule has 1 amide bonds. The Bertz CT molecular complexity index is 301. The van der Waals surface area contributed by atoms with Crippen molar-refractivity contribution in [1.82, 2.24) is 0 Å². The molecule has 0 aliphatic heterocycles. The molecule has 0 aliphatic carbocycles. The van der Waals surface area contributed by atoms with Gasteiger partial charge in [-0.25, -0.2) is 4.42 Å². The second-order valence-electron chi connectivity index (χ2n) is 2.32. The molecule has 1 aromatic rings. The van der Waals surface area contributed by atoms with Crippen molar-refractivity contribution in [3.05, 3.63) is 24.3 Å². The lowest BCUT2D eigenvalue weighted by Gasteiger charge is -2.10. The van der Waals surface area contributed by atoms with Crippen molar-refractivity contribution >= 4 is 23.4 Å². The maximum Gasteiger partial charge on any atom is 0.238 e. The number of halogens is 1. The molecule has 12 heavy (non-hydrogen) atoms. The lowest BCUT2D eigenvalue weighted by atomic mass is 10.3. The number of hydrogen-bond donors (Lipinski definition) is 1. The number of aromatic hydroxyl groups is 1. The third kappa shape index (κ3) is 1.89. The number of amides is 1. The number of carbonyl (C=O) groups excluding carboxylic acids is 1. The molecule has 0 radical (unpaired) electrons. The third-order valence-electron chi connectivity index (χ3n) is 1.33. The first-order valence-electron chi connectivity index (χ1n) is 3.37. The fourth-order valence-corrected chi connectivity index (χ4v) is 0.902. The van der Waals surface area contributed by atoms with E-state index in [0.717, 1.165) is 4.42 Å². The zero-order valence-electron chi connectivity index (χ0n) is 6.49. The van der Waals surface area contributed by atoms with Crippen LogP contribution in [-0.2, 0) is 4.79 Å². The monoisotopic (exact) mass is 185 g/mol. The van der Waals surface area contributed by atoms with Gasteiger partial charge in [-0.1, -0.05) is 6.07 Å². The van der Waals surface area contributed by atoms with Gasteiger partial charge in [0.05, 0.1) is 5.69 Å². The number of phenols is 1. The summed E-state index contributed by atoms with van der Waals surface area (Å²) in [7, 11) is 0. The van der Waals surface area contributed by atoms with Gasteiger partial charge < -0.3 is 5.11 Å². The maximum absolute atomic E-state index is 10.8. The number of carbonyl (C=O) groups is 1. The van der Waals surface area contributed by atoms with E-state index in [9.17, 15) is 4.79 Å². The van der Waals surface area contributed by atoms with E-state index in [1.807, 2.05) is 0 Å². The highest BCUT2D eigenvalue weighted by Crippen LogP contribution is 2.21. The van der Waals surface area contributed by atoms with E-state index in [1.165, 1.54) is 19.1 Å². The maximum atomic E-state index is 10.8. The van der Waals surface area contributed by atoms with Crippen molar-refractivity contribution in [3.63, 3.8) is 0 Å². The average Bonchev–Trinajstić information content (AvgIpc) is 2.03. The zero-order chi connectivity index (χ0) is 9.14. The van der Waals surface area contributed by atoms with E-state index in [0.29, 0.717) is 5.69 Å². The molecule has 0 fully saturated rings. The summed E-state index contributed by atoms with van der Waals surface area (Å²) in [5.74, 6) is -0.207. The first-order valence-corrected chi connectivity index (χ1v) is 3.70. The first kappa shape index (κ1) is 8.87. The molecule has 0 spiro atoms. The fourth-order valence-electron chi connectivity index (χ4n) is 0.797. The lowest BCUT2D eigenvalue weighted by molar-refractivity contribution is -0.115. The Hall–Kier alpha value is -1.22. The van der Waals surface area contributed by atoms with Crippen LogP contribution < -0.4 is 4.42 Å². The standard InChI is InChI=1S/C8H8ClNO2/c1-6(11)10(9)7-3-2-4-8(12)5-7/h2-5,12H,1H3. The van der Waals surface area contributed by atoms with E-state index >= 15 is 0 Å². The summed E-state index contributed by atoms with van der Waals surface area (Å²) in [5, 5.41) is 9.05. The summed E-state index contributed by atoms with van der Waals surface area (Å²) in [5.41, 5.74) is 0.462. The number of rotatable bonds is 1. The second kappa shape index (κ2) is 3.45. The Labute approximate surface area is 75.3 Å². The molecule has 0 aromatic heterocycles. The number of phenolic OH excluding ortho intramolecular Hbond substituents is 1. The normalized spacial score (nSPS) is 9.50. The van der Waals surface area contributed by atoms with Crippen LogP contribution in [0.2, 0.25) is 0 Å². The molecule has 0 saturated heterocycles. The quantitative estimate of drug-likeness (QED) is 0.679. The van der Waals surface area contributed by atoms with Gasteiger partial charge in [0.25, 0.3) is 0 Å². The molecule has 0 atom stereocenters. The number of hydrogen-bond acceptors (Lipinski definition) is 2. The predicted molar refractivity (Wildman–Crippen MR) is 47.1 cm³/mol. The minimum Gasteiger partial charge on any atom is -0.508 e. The number of anilines is 1. The molecule has 0 heterocycles. The van der Waals surface area contributed by atoms with Crippen molar-refractivity contribution < 1.29 is 9.90 Å². The van der Waals surface area contributed by atoms with E-state index in [4.69, 9.17) is 16.9 Å². The Morgan fingerprint density at radius 3 is 2.75 bits per heavy atom. The summed E-state index contributed by atoms with van der Waals surface area (Å²) in [6.45, 7) is 1.34. The Balaban J connectivity index is 2.95. The van der Waals surface area contributed by atoms with Gasteiger partial charge in [-0.2, -0.15) is 0 Å². The molecule has 0 bridgehead atoms. The lowest BCUT2D eigenvalue weighted by Crippen LogP contribution is -2.15. The summed E-state index contributed by atoms with van der Waals surface area (Å²) >= 11 is 5.59. The van der Waals surface area contributed by atoms with Gasteiger partial charge in [0.15, 0.2) is 0 Å². The average molecular weight is 186 g/mol. The number of nitrogens with zero attached hydrogens (tertiary/aromatic N) is 1. The molecule has 0 aliphatic rings. The molecular weight excluding hydrogens is 178 g/mol. The van der Waals surface area contributed by atoms with Gasteiger partial charge in [0.2, 0.25) is 5.91 Å². The zero-order valence-corrected chi connectivity index (χ0v) is 7.25. The Morgan fingerprint density at radius 1 is 1.58 bits per heavy atom. The first-order chi connectivity index (χ1) is 5.61. The van der Waals surface area contributed by atoms with Crippen LogP contribution in [0, 0.1) is 0 Å². The summed E-state index contributed by atoms with van der Waals surface area (Å²) in [6.07, 6.45) is 0. The van der Waals surface area contributed by atoms with Crippen LogP contribution in [-0.4, -0.2) is 11.0 Å². The van der Waals surface area contributed by atoms with Crippen LogP contribution in [0.3, 0.4) is 0 Å². The topological polar surface area (TPSA) is 40.5 Å². The van der Waals surface area contributed by atoms with E-state index in [-0.39, 0.29) is 11.7 Å². The highest BCUT2D eigenvalue weighted by Gasteiger charge is 2.07. The highest BCUT2D eigenvalue weighted by molar-refractivity contribution is 6.36. The summed E-state index contributed by atoms with van der Waals surface area (Å²) in [4.78, 5) is 10.8. The molecule has 0 saturated carbocycles. The minimum atomic E-state index is -0.290. The third-order valence-corrected chi connectivity index (χ3v) is 1.77. The van der Waals surface area contributed by atoms with E-state index < -0.39 is 0 Å². The van der Waals surface area contributed by atoms with Crippen LogP contribution in [0.15, 0.2) is 24.3 Å². The van der Waals surface area contributed by atoms with Gasteiger partial charge in [0.1, 0.15) is 5.75 Å². The molecule has 1 N–H and O–H groups in total. The van der Waals surface area contributed by atoms with Crippen LogP contribution in [0.25, 0.3) is 0 Å². The highest BCUT2D eigenvalue weighted by atomic mass is 35.5. The van der Waals surface area contributed by atoms with Gasteiger partial charge >= 0.3 is 0 Å². The fraction of sp³-hybridized carbons (Fsp3) is 0.125. The van der Waals surface area contributed by atoms with Crippen molar-refractivity contribution in [3.8, 4) is 5.75 Å². The Morgan fingerprint density at radius 2 is 2.25 bits per heavy atom. The van der Waals surface area contributed by atoms with Gasteiger partial charge in [-0.3, -0.25) is 4.79 Å². The second-order valence-corrected chi connectivity index (χ2v) is 2.66. The smallest absolute Gasteiger partial charge is 0.238 e. The van der Waals surface area contributed by atoms with Crippen LogP contribution in [0.5, 0.6) is 5.75 Å². The van der Waals surface area contributed by atoms with Crippen LogP contribution in [0.4, 0.5) is 5.69 Å². The largest absolute Gasteiger partial charge is 0.508 e. The summed E-state index contributed by atoms with van der Waals surface area (Å²) in [6, 6.07) is 6.17. The van der Waals surface area contributed by atoms with E-state index in [1.54, 1.807) is 12.1 Å². The predicted octanol–water partition coefficient (Wildman–Crippen LogP) is 1.90. The van der Waals surface area contributed by atoms with Crippen molar-refractivity contribution in [1.29, 1.82) is 0 Å². The van der Waals surface area contributed by atoms with Gasteiger partial charge in [-0.15, -0.1) is 0 Å². The van der Waals surface area contributed by atoms with E-state index in [2.05, 4.69) is 0 Å². The molecular formula is C8H8ClNO2. The minimum absolute atomic E-state index is 0.0828. The van der Waals surface area contributed by atoms with Crippen molar-refractivity contribution in [2.45, 2.75) is 6.92 Å². The van der Waals surface area contributed by atoms with Crippen molar-refractivity contribution in [2.75, 3.05) is 4.42 Å². The molecule has 0 unspecified atom stereocenters. The van der Waals surface area contributed by atoms with Gasteiger partial charge in [0, 0.05) is 24.8 Å². The van der Waals surface area contributed by atoms with Crippen LogP contribution >= 0.6 is 11.8 Å². The number of benzene rings is 1. The molecule has 4 heteroatoms. The molecule has 3 nitrogen and oxygen atoms in total. The summed E-state index contributed by atoms with van der Waals surface area (Å²) < 4.78 is 0.944.